The molecule has 0 saturated carbocycles. The molecule has 4 rings (SSSR count). The first-order valence-electron chi connectivity index (χ1n) is 9.16. The quantitative estimate of drug-likeness (QED) is 0.0712. The monoisotopic (exact) mass is 462 g/mol. The number of amidine groups is 1. The van der Waals surface area contributed by atoms with Crippen molar-refractivity contribution in [2.75, 3.05) is 18.8 Å². The minimum absolute atomic E-state index is 0.119. The number of benzene rings is 2. The number of H-pyrrole nitrogens is 1. The molecular formula is C17H22N10O2S2. The molecule has 14 heteroatoms. The van der Waals surface area contributed by atoms with Crippen LogP contribution in [-0.4, -0.2) is 43.4 Å². The number of hydrogen-bond acceptors (Lipinski definition) is 10. The van der Waals surface area contributed by atoms with Gasteiger partial charge in [0.1, 0.15) is 4.90 Å². The van der Waals surface area contributed by atoms with Crippen LogP contribution in [0.15, 0.2) is 45.2 Å². The number of anilines is 1. The van der Waals surface area contributed by atoms with E-state index in [1.807, 2.05) is 6.07 Å². The fraction of sp³-hybridized carbons (Fsp3) is 0.176. The molecule has 1 aliphatic rings. The SMILES string of the molecule is NN/N=C(\N)c1c(-c2cccc3[nH]c(N)nc23)ccc(SNC2CNC2)c1S(N)(=O)=O. The lowest BCUT2D eigenvalue weighted by Crippen LogP contribution is -2.53. The maximum Gasteiger partial charge on any atom is 0.239 e. The van der Waals surface area contributed by atoms with Crippen molar-refractivity contribution in [1.82, 2.24) is 25.5 Å². The van der Waals surface area contributed by atoms with Crippen LogP contribution in [0.1, 0.15) is 5.56 Å². The Bertz CT molecular complexity index is 1270. The number of hydrazone groups is 1. The summed E-state index contributed by atoms with van der Waals surface area (Å²) in [5.41, 5.74) is 16.5. The van der Waals surface area contributed by atoms with Gasteiger partial charge in [-0.2, -0.15) is 0 Å². The van der Waals surface area contributed by atoms with Gasteiger partial charge in [-0.1, -0.05) is 18.2 Å². The predicted molar refractivity (Wildman–Crippen MR) is 121 cm³/mol. The number of nitrogen functional groups attached to an aromatic ring is 1. The summed E-state index contributed by atoms with van der Waals surface area (Å²) in [6, 6.07) is 8.99. The number of nitrogens with zero attached hydrogens (tertiary/aromatic N) is 2. The van der Waals surface area contributed by atoms with Crippen LogP contribution >= 0.6 is 11.9 Å². The molecule has 12 nitrogen and oxygen atoms in total. The maximum atomic E-state index is 12.7. The highest BCUT2D eigenvalue weighted by molar-refractivity contribution is 7.98. The molecule has 0 amide bonds. The lowest BCUT2D eigenvalue weighted by molar-refractivity contribution is 0.423. The topological polar surface area (TPSA) is 215 Å². The Morgan fingerprint density at radius 3 is 2.65 bits per heavy atom. The van der Waals surface area contributed by atoms with Crippen LogP contribution in [-0.2, 0) is 10.0 Å². The van der Waals surface area contributed by atoms with Crippen LogP contribution in [0.5, 0.6) is 0 Å². The number of aromatic nitrogens is 2. The first kappa shape index (κ1) is 21.4. The summed E-state index contributed by atoms with van der Waals surface area (Å²) < 4.78 is 28.6. The lowest BCUT2D eigenvalue weighted by atomic mass is 9.97. The highest BCUT2D eigenvalue weighted by atomic mass is 32.2. The summed E-state index contributed by atoms with van der Waals surface area (Å²) in [5, 5.41) is 12.6. The van der Waals surface area contributed by atoms with Gasteiger partial charge in [-0.3, -0.25) is 4.72 Å². The molecule has 1 fully saturated rings. The van der Waals surface area contributed by atoms with Gasteiger partial charge in [-0.25, -0.2) is 29.9 Å². The second kappa shape index (κ2) is 8.33. The number of nitrogens with two attached hydrogens (primary N) is 4. The Labute approximate surface area is 182 Å². The van der Waals surface area contributed by atoms with Gasteiger partial charge in [-0.05, 0) is 29.6 Å². The van der Waals surface area contributed by atoms with Crippen molar-refractivity contribution in [3.63, 3.8) is 0 Å². The molecule has 0 unspecified atom stereocenters. The molecule has 12 N–H and O–H groups in total. The Balaban J connectivity index is 1.97. The number of imidazole rings is 1. The third-order valence-electron chi connectivity index (χ3n) is 4.79. The van der Waals surface area contributed by atoms with Gasteiger partial charge < -0.3 is 21.8 Å². The number of rotatable bonds is 7. The van der Waals surface area contributed by atoms with Crippen LogP contribution in [0.2, 0.25) is 0 Å². The zero-order valence-electron chi connectivity index (χ0n) is 16.2. The standard InChI is InChI=1S/C17H22N10O2S2/c18-16(25-27-20)13-9(10-2-1-3-11-14(10)24-17(19)23-11)4-5-12(15(13)31(21,28)29)30-26-8-6-22-7-8/h1-5,8,22,26-27H,6-7,20H2,(H2,18,25)(H3,19,23,24)(H2,21,28,29). The zero-order valence-corrected chi connectivity index (χ0v) is 17.8. The molecule has 3 aromatic rings. The van der Waals surface area contributed by atoms with E-state index in [2.05, 4.69) is 30.6 Å². The summed E-state index contributed by atoms with van der Waals surface area (Å²) in [7, 11) is -4.20. The molecule has 0 atom stereocenters. The van der Waals surface area contributed by atoms with Gasteiger partial charge in [0.2, 0.25) is 10.0 Å². The number of aromatic amines is 1. The lowest BCUT2D eigenvalue weighted by Gasteiger charge is -2.28. The second-order valence-electron chi connectivity index (χ2n) is 6.89. The average molecular weight is 463 g/mol. The van der Waals surface area contributed by atoms with Gasteiger partial charge in [0.05, 0.1) is 11.0 Å². The van der Waals surface area contributed by atoms with Crippen LogP contribution < -0.4 is 38.0 Å². The van der Waals surface area contributed by atoms with Crippen molar-refractivity contribution in [2.45, 2.75) is 15.8 Å². The highest BCUT2D eigenvalue weighted by Gasteiger charge is 2.28. The molecule has 0 radical (unpaired) electrons. The predicted octanol–water partition coefficient (Wildman–Crippen LogP) is -0.888. The van der Waals surface area contributed by atoms with E-state index in [9.17, 15) is 8.42 Å². The van der Waals surface area contributed by atoms with E-state index in [1.54, 1.807) is 24.3 Å². The fourth-order valence-electron chi connectivity index (χ4n) is 3.32. The first-order chi connectivity index (χ1) is 14.8. The Morgan fingerprint density at radius 1 is 1.23 bits per heavy atom. The number of fused-ring (bicyclic) bond motifs is 1. The molecule has 0 bridgehead atoms. The van der Waals surface area contributed by atoms with Crippen LogP contribution in [0.3, 0.4) is 0 Å². The van der Waals surface area contributed by atoms with Crippen molar-refractivity contribution < 1.29 is 8.42 Å². The fourth-order valence-corrected chi connectivity index (χ4v) is 5.43. The Hall–Kier alpha value is -2.88. The normalized spacial score (nSPS) is 15.2. The molecule has 1 aromatic heterocycles. The highest BCUT2D eigenvalue weighted by Crippen LogP contribution is 2.37. The second-order valence-corrected chi connectivity index (χ2v) is 9.26. The Morgan fingerprint density at radius 2 is 2.00 bits per heavy atom. The van der Waals surface area contributed by atoms with Gasteiger partial charge >= 0.3 is 0 Å². The van der Waals surface area contributed by atoms with E-state index in [0.717, 1.165) is 13.1 Å². The van der Waals surface area contributed by atoms with Crippen molar-refractivity contribution in [3.8, 4) is 11.1 Å². The zero-order chi connectivity index (χ0) is 22.2. The molecule has 2 heterocycles. The van der Waals surface area contributed by atoms with Crippen LogP contribution in [0.25, 0.3) is 22.2 Å². The van der Waals surface area contributed by atoms with E-state index in [4.69, 9.17) is 22.4 Å². The molecule has 1 aliphatic heterocycles. The number of hydrazine groups is 1. The smallest absolute Gasteiger partial charge is 0.239 e. The van der Waals surface area contributed by atoms with Crippen molar-refractivity contribution in [1.29, 1.82) is 0 Å². The number of sulfonamides is 1. The minimum atomic E-state index is -4.20. The van der Waals surface area contributed by atoms with E-state index in [1.165, 1.54) is 11.9 Å². The maximum absolute atomic E-state index is 12.7. The summed E-state index contributed by atoms with van der Waals surface area (Å²) >= 11 is 1.17. The summed E-state index contributed by atoms with van der Waals surface area (Å²) in [5.74, 6) is 5.40. The van der Waals surface area contributed by atoms with Gasteiger partial charge in [0.15, 0.2) is 11.8 Å². The van der Waals surface area contributed by atoms with Gasteiger partial charge in [0.25, 0.3) is 0 Å². The molecule has 1 saturated heterocycles. The number of nitrogens with one attached hydrogen (secondary N) is 4. The minimum Gasteiger partial charge on any atom is -0.382 e. The molecular weight excluding hydrogens is 440 g/mol. The largest absolute Gasteiger partial charge is 0.382 e. The third-order valence-corrected chi connectivity index (χ3v) is 6.92. The first-order valence-corrected chi connectivity index (χ1v) is 11.5. The van der Waals surface area contributed by atoms with Crippen molar-refractivity contribution >= 4 is 44.8 Å². The summed E-state index contributed by atoms with van der Waals surface area (Å²) in [4.78, 5) is 7.50. The van der Waals surface area contributed by atoms with Crippen LogP contribution in [0.4, 0.5) is 5.95 Å². The molecule has 0 aliphatic carbocycles. The van der Waals surface area contributed by atoms with Crippen molar-refractivity contribution in [2.24, 2.45) is 21.8 Å². The number of para-hydroxylation sites is 1. The third kappa shape index (κ3) is 4.16. The van der Waals surface area contributed by atoms with E-state index in [-0.39, 0.29) is 28.3 Å². The number of primary sulfonamides is 1. The average Bonchev–Trinajstić information content (AvgIpc) is 3.06. The summed E-state index contributed by atoms with van der Waals surface area (Å²) in [6.07, 6.45) is 0. The Kier molecular flexibility index (Phi) is 5.74. The van der Waals surface area contributed by atoms with Gasteiger partial charge in [0, 0.05) is 35.2 Å². The number of hydrogen-bond donors (Lipinski definition) is 8. The molecule has 31 heavy (non-hydrogen) atoms. The molecule has 0 spiro atoms. The summed E-state index contributed by atoms with van der Waals surface area (Å²) in [6.45, 7) is 1.57. The van der Waals surface area contributed by atoms with E-state index < -0.39 is 10.0 Å². The molecule has 164 valence electrons. The molecule has 2 aromatic carbocycles. The van der Waals surface area contributed by atoms with Gasteiger partial charge in [-0.15, -0.1) is 5.10 Å². The van der Waals surface area contributed by atoms with E-state index >= 15 is 0 Å². The van der Waals surface area contributed by atoms with Crippen molar-refractivity contribution in [3.05, 3.63) is 35.9 Å². The van der Waals surface area contributed by atoms with Crippen LogP contribution in [0, 0.1) is 0 Å². The van der Waals surface area contributed by atoms with E-state index in [0.29, 0.717) is 27.1 Å².